The van der Waals surface area contributed by atoms with E-state index in [1.807, 2.05) is 27.7 Å². The van der Waals surface area contributed by atoms with Gasteiger partial charge >= 0.3 is 0 Å². The van der Waals surface area contributed by atoms with Crippen LogP contribution in [0.4, 0.5) is 5.82 Å². The van der Waals surface area contributed by atoms with Gasteiger partial charge in [-0.15, -0.1) is 0 Å². The standard InChI is InChI=1S/C28H33N7O3/c1-19(36)33(22-6-11-37-12-7-22)17-20-3-2-4-21(15-20)26-16-24(27-28(29)30-18-32-35(26)27)25-5-10-31-34(25)23-8-13-38-14-9-23/h2-5,10,15-16,18,22-23H,6-9,11-14,17H2,1H3,(H2,29,30,32). The molecule has 0 bridgehead atoms. The summed E-state index contributed by atoms with van der Waals surface area (Å²) >= 11 is 0. The summed E-state index contributed by atoms with van der Waals surface area (Å²) < 4.78 is 15.0. The van der Waals surface area contributed by atoms with Crippen LogP contribution in [0.5, 0.6) is 0 Å². The fraction of sp³-hybridized carbons (Fsp3) is 0.429. The van der Waals surface area contributed by atoms with Gasteiger partial charge in [-0.3, -0.25) is 9.48 Å². The van der Waals surface area contributed by atoms with Crippen molar-refractivity contribution in [2.75, 3.05) is 32.2 Å². The molecular weight excluding hydrogens is 482 g/mol. The van der Waals surface area contributed by atoms with E-state index in [1.54, 1.807) is 6.92 Å². The fourth-order valence-electron chi connectivity index (χ4n) is 5.74. The lowest BCUT2D eigenvalue weighted by molar-refractivity contribution is -0.133. The van der Waals surface area contributed by atoms with Crippen molar-refractivity contribution in [1.29, 1.82) is 0 Å². The smallest absolute Gasteiger partial charge is 0.219 e. The molecule has 2 saturated heterocycles. The van der Waals surface area contributed by atoms with Gasteiger partial charge in [0, 0.05) is 63.3 Å². The minimum atomic E-state index is 0.0830. The van der Waals surface area contributed by atoms with E-state index in [-0.39, 0.29) is 18.0 Å². The van der Waals surface area contributed by atoms with E-state index in [4.69, 9.17) is 15.2 Å². The molecule has 3 aromatic heterocycles. The van der Waals surface area contributed by atoms with Crippen LogP contribution in [-0.2, 0) is 20.8 Å². The highest BCUT2D eigenvalue weighted by atomic mass is 16.5. The second kappa shape index (κ2) is 10.5. The Morgan fingerprint density at radius 1 is 1.03 bits per heavy atom. The molecule has 0 aliphatic carbocycles. The van der Waals surface area contributed by atoms with Gasteiger partial charge in [0.1, 0.15) is 11.8 Å². The molecule has 0 unspecified atom stereocenters. The van der Waals surface area contributed by atoms with Crippen molar-refractivity contribution >= 4 is 17.2 Å². The van der Waals surface area contributed by atoms with Gasteiger partial charge < -0.3 is 20.1 Å². The Hall–Kier alpha value is -3.76. The van der Waals surface area contributed by atoms with Crippen LogP contribution < -0.4 is 5.73 Å². The number of aromatic nitrogens is 5. The summed E-state index contributed by atoms with van der Waals surface area (Å²) in [5.41, 5.74) is 12.1. The zero-order chi connectivity index (χ0) is 26.1. The second-order valence-electron chi connectivity index (χ2n) is 10.0. The maximum absolute atomic E-state index is 12.5. The number of carbonyl (C=O) groups excluding carboxylic acids is 1. The number of nitrogens with zero attached hydrogens (tertiary/aromatic N) is 6. The Bertz CT molecular complexity index is 1430. The zero-order valence-electron chi connectivity index (χ0n) is 21.6. The summed E-state index contributed by atoms with van der Waals surface area (Å²) in [6.07, 6.45) is 6.88. The molecule has 0 radical (unpaired) electrons. The van der Waals surface area contributed by atoms with E-state index in [2.05, 4.69) is 44.1 Å². The molecule has 2 aliphatic rings. The first kappa shape index (κ1) is 24.6. The van der Waals surface area contributed by atoms with Crippen molar-refractivity contribution in [3.05, 3.63) is 54.5 Å². The molecule has 2 fully saturated rings. The molecular formula is C28H33N7O3. The topological polar surface area (TPSA) is 113 Å². The third kappa shape index (κ3) is 4.65. The predicted molar refractivity (Wildman–Crippen MR) is 143 cm³/mol. The lowest BCUT2D eigenvalue weighted by atomic mass is 10.0. The minimum absolute atomic E-state index is 0.0830. The van der Waals surface area contributed by atoms with Gasteiger partial charge in [0.15, 0.2) is 5.82 Å². The van der Waals surface area contributed by atoms with Crippen LogP contribution in [0, 0.1) is 0 Å². The molecule has 0 atom stereocenters. The molecule has 1 amide bonds. The highest BCUT2D eigenvalue weighted by molar-refractivity contribution is 5.91. The fourth-order valence-corrected chi connectivity index (χ4v) is 5.74. The van der Waals surface area contributed by atoms with Crippen molar-refractivity contribution in [1.82, 2.24) is 29.3 Å². The molecule has 4 aromatic rings. The number of ether oxygens (including phenoxy) is 2. The third-order valence-electron chi connectivity index (χ3n) is 7.68. The number of hydrogen-bond acceptors (Lipinski definition) is 7. The third-order valence-corrected chi connectivity index (χ3v) is 7.68. The van der Waals surface area contributed by atoms with Gasteiger partial charge in [0.2, 0.25) is 5.91 Å². The molecule has 0 saturated carbocycles. The first-order valence-electron chi connectivity index (χ1n) is 13.3. The van der Waals surface area contributed by atoms with Crippen LogP contribution in [0.3, 0.4) is 0 Å². The molecule has 38 heavy (non-hydrogen) atoms. The number of nitrogen functional groups attached to an aromatic ring is 1. The molecule has 198 valence electrons. The Morgan fingerprint density at radius 2 is 1.79 bits per heavy atom. The number of benzene rings is 1. The number of nitrogens with two attached hydrogens (primary N) is 1. The summed E-state index contributed by atoms with van der Waals surface area (Å²) in [4.78, 5) is 18.8. The van der Waals surface area contributed by atoms with E-state index in [0.29, 0.717) is 25.6 Å². The number of hydrogen-bond donors (Lipinski definition) is 1. The minimum Gasteiger partial charge on any atom is -0.382 e. The van der Waals surface area contributed by atoms with Gasteiger partial charge in [-0.2, -0.15) is 10.2 Å². The van der Waals surface area contributed by atoms with Crippen LogP contribution in [0.15, 0.2) is 48.9 Å². The number of anilines is 1. The van der Waals surface area contributed by atoms with Crippen molar-refractivity contribution < 1.29 is 14.3 Å². The predicted octanol–water partition coefficient (Wildman–Crippen LogP) is 3.72. The molecule has 5 heterocycles. The Labute approximate surface area is 221 Å². The van der Waals surface area contributed by atoms with Crippen LogP contribution in [-0.4, -0.2) is 67.7 Å². The van der Waals surface area contributed by atoms with E-state index >= 15 is 0 Å². The van der Waals surface area contributed by atoms with Crippen LogP contribution in [0.1, 0.15) is 44.2 Å². The first-order valence-corrected chi connectivity index (χ1v) is 13.3. The average Bonchev–Trinajstić information content (AvgIpc) is 3.59. The van der Waals surface area contributed by atoms with Gasteiger partial charge in [-0.25, -0.2) is 9.50 Å². The van der Waals surface area contributed by atoms with E-state index in [0.717, 1.165) is 72.5 Å². The lowest BCUT2D eigenvalue weighted by Gasteiger charge is -2.33. The maximum atomic E-state index is 12.5. The summed E-state index contributed by atoms with van der Waals surface area (Å²) in [5, 5.41) is 9.25. The van der Waals surface area contributed by atoms with Crippen LogP contribution in [0.25, 0.3) is 28.0 Å². The molecule has 2 aliphatic heterocycles. The van der Waals surface area contributed by atoms with Gasteiger partial charge in [-0.1, -0.05) is 18.2 Å². The second-order valence-corrected chi connectivity index (χ2v) is 10.0. The largest absolute Gasteiger partial charge is 0.382 e. The molecule has 6 rings (SSSR count). The first-order chi connectivity index (χ1) is 18.6. The van der Waals surface area contributed by atoms with Crippen molar-refractivity contribution in [3.8, 4) is 22.5 Å². The average molecular weight is 516 g/mol. The maximum Gasteiger partial charge on any atom is 0.219 e. The highest BCUT2D eigenvalue weighted by Crippen LogP contribution is 2.37. The lowest BCUT2D eigenvalue weighted by Crippen LogP contribution is -2.41. The number of amides is 1. The molecule has 10 nitrogen and oxygen atoms in total. The highest BCUT2D eigenvalue weighted by Gasteiger charge is 2.25. The number of fused-ring (bicyclic) bond motifs is 1. The molecule has 2 N–H and O–H groups in total. The van der Waals surface area contributed by atoms with Crippen molar-refractivity contribution in [3.63, 3.8) is 0 Å². The summed E-state index contributed by atoms with van der Waals surface area (Å²) in [6, 6.07) is 12.9. The Kier molecular flexibility index (Phi) is 6.82. The monoisotopic (exact) mass is 515 g/mol. The summed E-state index contributed by atoms with van der Waals surface area (Å²) in [7, 11) is 0. The quantitative estimate of drug-likeness (QED) is 0.416. The van der Waals surface area contributed by atoms with E-state index in [9.17, 15) is 4.79 Å². The number of carbonyl (C=O) groups is 1. The zero-order valence-corrected chi connectivity index (χ0v) is 21.6. The normalized spacial score (nSPS) is 17.2. The van der Waals surface area contributed by atoms with Gasteiger partial charge in [0.25, 0.3) is 0 Å². The Morgan fingerprint density at radius 3 is 2.55 bits per heavy atom. The van der Waals surface area contributed by atoms with Crippen molar-refractivity contribution in [2.45, 2.75) is 51.2 Å². The van der Waals surface area contributed by atoms with E-state index < -0.39 is 0 Å². The van der Waals surface area contributed by atoms with Gasteiger partial charge in [-0.05, 0) is 49.4 Å². The van der Waals surface area contributed by atoms with Crippen molar-refractivity contribution in [2.24, 2.45) is 0 Å². The van der Waals surface area contributed by atoms with E-state index in [1.165, 1.54) is 6.33 Å². The Balaban J connectivity index is 1.39. The molecule has 1 aromatic carbocycles. The molecule has 0 spiro atoms. The summed E-state index contributed by atoms with van der Waals surface area (Å²) in [5.74, 6) is 0.499. The molecule has 10 heteroatoms. The van der Waals surface area contributed by atoms with Crippen LogP contribution in [0.2, 0.25) is 0 Å². The van der Waals surface area contributed by atoms with Crippen LogP contribution >= 0.6 is 0 Å². The number of rotatable bonds is 6. The van der Waals surface area contributed by atoms with Gasteiger partial charge in [0.05, 0.1) is 17.4 Å². The SMILES string of the molecule is CC(=O)N(Cc1cccc(-c2cc(-c3ccnn3C3CCOCC3)c3c(N)ncnn23)c1)C1CCOCC1. The summed E-state index contributed by atoms with van der Waals surface area (Å²) in [6.45, 7) is 5.05.